The number of hydrogen-bond donors (Lipinski definition) is 2. The van der Waals surface area contributed by atoms with Crippen LogP contribution in [-0.2, 0) is 0 Å². The Hall–Kier alpha value is -1.55. The average Bonchev–Trinajstić information content (AvgIpc) is 2.15. The second-order valence-corrected chi connectivity index (χ2v) is 3.30. The third kappa shape index (κ3) is 5.02. The second kappa shape index (κ2) is 6.84. The molecule has 0 bridgehead atoms. The summed E-state index contributed by atoms with van der Waals surface area (Å²) in [7, 11) is 0. The molecule has 0 aromatic heterocycles. The highest BCUT2D eigenvalue weighted by molar-refractivity contribution is 5.76. The fourth-order valence-electron chi connectivity index (χ4n) is 0.941. The summed E-state index contributed by atoms with van der Waals surface area (Å²) in [6, 6.07) is -0.282. The molecule has 0 unspecified atom stereocenters. The van der Waals surface area contributed by atoms with Gasteiger partial charge in [0.2, 0.25) is 0 Å². The first-order valence-corrected chi connectivity index (χ1v) is 4.83. The summed E-state index contributed by atoms with van der Waals surface area (Å²) in [5.74, 6) is 5.64. The fraction of sp³-hybridized carbons (Fsp3) is 0.364. The lowest BCUT2D eigenvalue weighted by Crippen LogP contribution is -2.45. The summed E-state index contributed by atoms with van der Waals surface area (Å²) in [5, 5.41) is 3.75. The maximum absolute atomic E-state index is 11.5. The fourth-order valence-corrected chi connectivity index (χ4v) is 0.941. The number of hydrazine groups is 1. The standard InChI is InChI=1S/C11H19N3O/c1-5-7-10(8-6-2)14(12)11(15)13-9(3)4/h5-9H,1,12H2,2-4H3,(H,13,15)/b8-6-,10-7+. The van der Waals surface area contributed by atoms with E-state index >= 15 is 0 Å². The van der Waals surface area contributed by atoms with E-state index in [0.717, 1.165) is 5.01 Å². The number of amides is 2. The van der Waals surface area contributed by atoms with Crippen LogP contribution >= 0.6 is 0 Å². The lowest BCUT2D eigenvalue weighted by atomic mass is 10.3. The third-order valence-corrected chi connectivity index (χ3v) is 1.54. The van der Waals surface area contributed by atoms with Gasteiger partial charge in [-0.3, -0.25) is 0 Å². The number of rotatable bonds is 4. The molecule has 0 saturated carbocycles. The molecule has 0 spiro atoms. The third-order valence-electron chi connectivity index (χ3n) is 1.54. The molecule has 0 aromatic carbocycles. The van der Waals surface area contributed by atoms with Gasteiger partial charge in [0.15, 0.2) is 0 Å². The highest BCUT2D eigenvalue weighted by Gasteiger charge is 2.12. The minimum atomic E-state index is -0.337. The van der Waals surface area contributed by atoms with Crippen LogP contribution in [0.4, 0.5) is 4.79 Å². The Kier molecular flexibility index (Phi) is 6.13. The van der Waals surface area contributed by atoms with E-state index in [0.29, 0.717) is 5.70 Å². The molecule has 3 N–H and O–H groups in total. The Balaban J connectivity index is 4.63. The van der Waals surface area contributed by atoms with Gasteiger partial charge in [-0.1, -0.05) is 18.7 Å². The van der Waals surface area contributed by atoms with Crippen LogP contribution in [0.3, 0.4) is 0 Å². The van der Waals surface area contributed by atoms with Crippen LogP contribution in [0.25, 0.3) is 0 Å². The maximum atomic E-state index is 11.5. The van der Waals surface area contributed by atoms with E-state index in [2.05, 4.69) is 11.9 Å². The van der Waals surface area contributed by atoms with Crippen molar-refractivity contribution in [3.8, 4) is 0 Å². The summed E-state index contributed by atoms with van der Waals surface area (Å²) in [5.41, 5.74) is 0.589. The summed E-state index contributed by atoms with van der Waals surface area (Å²) >= 11 is 0. The molecule has 0 radical (unpaired) electrons. The molecule has 84 valence electrons. The number of carbonyl (C=O) groups is 1. The summed E-state index contributed by atoms with van der Waals surface area (Å²) in [6.45, 7) is 9.16. The number of carbonyl (C=O) groups excluding carboxylic acids is 1. The predicted octanol–water partition coefficient (Wildman–Crippen LogP) is 1.93. The average molecular weight is 209 g/mol. The zero-order valence-corrected chi connectivity index (χ0v) is 9.53. The molecule has 0 atom stereocenters. The molecular weight excluding hydrogens is 190 g/mol. The zero-order chi connectivity index (χ0) is 11.8. The molecule has 2 amide bonds. The van der Waals surface area contributed by atoms with Gasteiger partial charge >= 0.3 is 6.03 Å². The van der Waals surface area contributed by atoms with E-state index in [1.807, 2.05) is 20.8 Å². The van der Waals surface area contributed by atoms with Crippen molar-refractivity contribution in [2.45, 2.75) is 26.8 Å². The van der Waals surface area contributed by atoms with Crippen molar-refractivity contribution in [3.63, 3.8) is 0 Å². The number of allylic oxidation sites excluding steroid dienone is 4. The Morgan fingerprint density at radius 1 is 1.53 bits per heavy atom. The molecule has 0 heterocycles. The molecule has 15 heavy (non-hydrogen) atoms. The van der Waals surface area contributed by atoms with E-state index in [1.165, 1.54) is 0 Å². The van der Waals surface area contributed by atoms with E-state index < -0.39 is 0 Å². The Morgan fingerprint density at radius 2 is 2.13 bits per heavy atom. The first kappa shape index (κ1) is 13.4. The minimum Gasteiger partial charge on any atom is -0.334 e. The van der Waals surface area contributed by atoms with Gasteiger partial charge in [-0.25, -0.2) is 15.6 Å². The zero-order valence-electron chi connectivity index (χ0n) is 9.53. The summed E-state index contributed by atoms with van der Waals surface area (Å²) < 4.78 is 0. The lowest BCUT2D eigenvalue weighted by molar-refractivity contribution is 0.210. The van der Waals surface area contributed by atoms with E-state index in [9.17, 15) is 4.79 Å². The predicted molar refractivity (Wildman–Crippen MR) is 62.8 cm³/mol. The highest BCUT2D eigenvalue weighted by Crippen LogP contribution is 2.02. The summed E-state index contributed by atoms with van der Waals surface area (Å²) in [4.78, 5) is 11.5. The van der Waals surface area contributed by atoms with Crippen LogP contribution in [0.2, 0.25) is 0 Å². The largest absolute Gasteiger partial charge is 0.336 e. The molecule has 0 aliphatic heterocycles. The van der Waals surface area contributed by atoms with Crippen molar-refractivity contribution in [1.82, 2.24) is 10.3 Å². The Bertz CT molecular complexity index is 280. The number of urea groups is 1. The molecule has 0 fully saturated rings. The van der Waals surface area contributed by atoms with Gasteiger partial charge in [-0.2, -0.15) is 0 Å². The van der Waals surface area contributed by atoms with Crippen LogP contribution in [-0.4, -0.2) is 17.1 Å². The van der Waals surface area contributed by atoms with Gasteiger partial charge in [0.1, 0.15) is 0 Å². The van der Waals surface area contributed by atoms with Crippen LogP contribution < -0.4 is 11.2 Å². The molecule has 0 saturated heterocycles. The normalized spacial score (nSPS) is 11.9. The first-order chi connectivity index (χ1) is 7.02. The molecule has 4 nitrogen and oxygen atoms in total. The topological polar surface area (TPSA) is 58.4 Å². The molecule has 4 heteroatoms. The van der Waals surface area contributed by atoms with Gasteiger partial charge < -0.3 is 5.32 Å². The molecule has 0 aliphatic carbocycles. The lowest BCUT2D eigenvalue weighted by Gasteiger charge is -2.19. The quantitative estimate of drug-likeness (QED) is 0.322. The molecule has 0 aliphatic rings. The monoisotopic (exact) mass is 209 g/mol. The van der Waals surface area contributed by atoms with Gasteiger partial charge in [-0.05, 0) is 32.9 Å². The number of nitrogens with two attached hydrogens (primary N) is 1. The highest BCUT2D eigenvalue weighted by atomic mass is 16.2. The molecular formula is C11H19N3O. The van der Waals surface area contributed by atoms with Crippen molar-refractivity contribution >= 4 is 6.03 Å². The van der Waals surface area contributed by atoms with Crippen molar-refractivity contribution in [2.75, 3.05) is 0 Å². The van der Waals surface area contributed by atoms with Crippen LogP contribution in [0, 0.1) is 0 Å². The van der Waals surface area contributed by atoms with Gasteiger partial charge in [0.05, 0.1) is 5.70 Å². The molecule has 0 rings (SSSR count). The number of nitrogens with zero attached hydrogens (tertiary/aromatic N) is 1. The van der Waals surface area contributed by atoms with Crippen molar-refractivity contribution in [2.24, 2.45) is 5.84 Å². The smallest absolute Gasteiger partial charge is 0.334 e. The van der Waals surface area contributed by atoms with Gasteiger partial charge in [0, 0.05) is 6.04 Å². The van der Waals surface area contributed by atoms with Crippen LogP contribution in [0.5, 0.6) is 0 Å². The minimum absolute atomic E-state index is 0.0548. The van der Waals surface area contributed by atoms with Gasteiger partial charge in [-0.15, -0.1) is 0 Å². The van der Waals surface area contributed by atoms with Crippen molar-refractivity contribution in [1.29, 1.82) is 0 Å². The van der Waals surface area contributed by atoms with Crippen molar-refractivity contribution in [3.05, 3.63) is 36.6 Å². The van der Waals surface area contributed by atoms with Crippen LogP contribution in [0.15, 0.2) is 36.6 Å². The van der Waals surface area contributed by atoms with Gasteiger partial charge in [0.25, 0.3) is 0 Å². The Labute approximate surface area is 91.1 Å². The van der Waals surface area contributed by atoms with Crippen LogP contribution in [0.1, 0.15) is 20.8 Å². The van der Waals surface area contributed by atoms with E-state index in [-0.39, 0.29) is 12.1 Å². The second-order valence-electron chi connectivity index (χ2n) is 3.30. The maximum Gasteiger partial charge on any atom is 0.336 e. The first-order valence-electron chi connectivity index (χ1n) is 4.83. The number of hydrogen-bond acceptors (Lipinski definition) is 2. The molecule has 0 aromatic rings. The van der Waals surface area contributed by atoms with Crippen molar-refractivity contribution < 1.29 is 4.79 Å². The SMILES string of the molecule is C=C/C=C(\C=C/C)N(N)C(=O)NC(C)C. The Morgan fingerprint density at radius 3 is 2.53 bits per heavy atom. The number of nitrogens with one attached hydrogen (secondary N) is 1. The van der Waals surface area contributed by atoms with E-state index in [1.54, 1.807) is 24.3 Å². The summed E-state index contributed by atoms with van der Waals surface area (Å²) in [6.07, 6.45) is 6.79. The van der Waals surface area contributed by atoms with E-state index in [4.69, 9.17) is 5.84 Å².